The van der Waals surface area contributed by atoms with E-state index >= 15 is 0 Å². The number of aliphatic carboxylic acids is 1. The highest BCUT2D eigenvalue weighted by molar-refractivity contribution is 9.11. The summed E-state index contributed by atoms with van der Waals surface area (Å²) in [4.78, 5) is 10.7. The van der Waals surface area contributed by atoms with E-state index in [1.165, 1.54) is 18.2 Å². The number of hydrogen-bond donors (Lipinski definition) is 2. The second-order valence-electron chi connectivity index (χ2n) is 5.72. The summed E-state index contributed by atoms with van der Waals surface area (Å²) in [6.45, 7) is -0.128. The molecule has 0 aliphatic carbocycles. The molecule has 0 saturated carbocycles. The maximum absolute atomic E-state index is 14.5. The molecule has 2 aromatic carbocycles. The summed E-state index contributed by atoms with van der Waals surface area (Å²) >= 11 is 6.73. The van der Waals surface area contributed by atoms with Crippen LogP contribution in [0.5, 0.6) is 5.75 Å². The lowest BCUT2D eigenvalue weighted by Gasteiger charge is -2.14. The van der Waals surface area contributed by atoms with Crippen LogP contribution in [0, 0.1) is 5.82 Å². The Morgan fingerprint density at radius 3 is 2.44 bits per heavy atom. The van der Waals surface area contributed by atoms with Crippen molar-refractivity contribution in [3.8, 4) is 5.75 Å². The lowest BCUT2D eigenvalue weighted by atomic mass is 10.1. The smallest absolute Gasteiger partial charge is 0.303 e. The number of carboxylic acid groups (broad SMARTS) is 1. The number of halogens is 3. The quantitative estimate of drug-likeness (QED) is 0.536. The molecule has 0 fully saturated rings. The highest BCUT2D eigenvalue weighted by Gasteiger charge is 2.14. The molecule has 27 heavy (non-hydrogen) atoms. The third-order valence-electron chi connectivity index (χ3n) is 3.43. The van der Waals surface area contributed by atoms with E-state index in [4.69, 9.17) is 9.84 Å². The number of aryl methyl sites for hydroxylation is 1. The van der Waals surface area contributed by atoms with Crippen molar-refractivity contribution in [1.82, 2.24) is 0 Å². The van der Waals surface area contributed by atoms with Crippen LogP contribution in [0.15, 0.2) is 39.3 Å². The van der Waals surface area contributed by atoms with Crippen LogP contribution >= 0.6 is 31.9 Å². The van der Waals surface area contributed by atoms with Gasteiger partial charge in [-0.15, -0.1) is 0 Å². The van der Waals surface area contributed by atoms with Crippen LogP contribution in [0.2, 0.25) is 0 Å². The van der Waals surface area contributed by atoms with Crippen molar-refractivity contribution in [1.29, 1.82) is 0 Å². The van der Waals surface area contributed by atoms with Crippen LogP contribution in [0.1, 0.15) is 17.5 Å². The Labute approximate surface area is 173 Å². The number of benzene rings is 2. The first kappa shape index (κ1) is 21.6. The van der Waals surface area contributed by atoms with E-state index in [1.54, 1.807) is 12.1 Å². The van der Waals surface area contributed by atoms with Gasteiger partial charge in [0.2, 0.25) is 10.0 Å². The van der Waals surface area contributed by atoms with Crippen molar-refractivity contribution in [2.24, 2.45) is 0 Å². The fourth-order valence-electron chi connectivity index (χ4n) is 2.27. The predicted octanol–water partition coefficient (Wildman–Crippen LogP) is 4.32. The third kappa shape index (κ3) is 6.47. The first-order chi connectivity index (χ1) is 12.6. The van der Waals surface area contributed by atoms with Crippen molar-refractivity contribution in [2.75, 3.05) is 11.0 Å². The minimum Gasteiger partial charge on any atom is -0.486 e. The molecule has 0 heterocycles. The fourth-order valence-corrected chi connectivity index (χ4v) is 4.33. The highest BCUT2D eigenvalue weighted by Crippen LogP contribution is 2.36. The number of carbonyl (C=O) groups is 1. The first-order valence-electron chi connectivity index (χ1n) is 7.64. The van der Waals surface area contributed by atoms with Crippen molar-refractivity contribution in [2.45, 2.75) is 19.4 Å². The second-order valence-corrected chi connectivity index (χ2v) is 9.18. The normalized spacial score (nSPS) is 11.3. The van der Waals surface area contributed by atoms with Gasteiger partial charge < -0.3 is 9.84 Å². The summed E-state index contributed by atoms with van der Waals surface area (Å²) in [5.74, 6) is -1.18. The van der Waals surface area contributed by atoms with E-state index in [1.807, 2.05) is 0 Å². The SMILES string of the molecule is CS(=O)(=O)Nc1cccc(COc2c(Br)cc(CCC(=O)O)cc2Br)c1F. The third-order valence-corrected chi connectivity index (χ3v) is 5.20. The van der Waals surface area contributed by atoms with E-state index in [2.05, 4.69) is 36.6 Å². The van der Waals surface area contributed by atoms with Gasteiger partial charge >= 0.3 is 5.97 Å². The van der Waals surface area contributed by atoms with Gasteiger partial charge in [0.25, 0.3) is 0 Å². The largest absolute Gasteiger partial charge is 0.486 e. The van der Waals surface area contributed by atoms with E-state index in [0.717, 1.165) is 11.8 Å². The van der Waals surface area contributed by atoms with Gasteiger partial charge in [0.05, 0.1) is 20.9 Å². The van der Waals surface area contributed by atoms with Gasteiger partial charge in [-0.25, -0.2) is 12.8 Å². The zero-order valence-corrected chi connectivity index (χ0v) is 18.1. The van der Waals surface area contributed by atoms with E-state index in [0.29, 0.717) is 21.1 Å². The fraction of sp³-hybridized carbons (Fsp3) is 0.235. The number of anilines is 1. The van der Waals surface area contributed by atoms with E-state index in [-0.39, 0.29) is 24.3 Å². The number of rotatable bonds is 8. The predicted molar refractivity (Wildman–Crippen MR) is 107 cm³/mol. The van der Waals surface area contributed by atoms with Crippen LogP contribution in [0.4, 0.5) is 10.1 Å². The average molecular weight is 525 g/mol. The van der Waals surface area contributed by atoms with Crippen LogP contribution in [-0.2, 0) is 27.8 Å². The molecule has 0 unspecified atom stereocenters. The molecule has 10 heteroatoms. The maximum atomic E-state index is 14.5. The monoisotopic (exact) mass is 523 g/mol. The van der Waals surface area contributed by atoms with Gasteiger partial charge in [0.15, 0.2) is 5.82 Å². The van der Waals surface area contributed by atoms with Crippen LogP contribution in [0.3, 0.4) is 0 Å². The summed E-state index contributed by atoms with van der Waals surface area (Å²) in [6, 6.07) is 7.81. The molecule has 0 spiro atoms. The number of ether oxygens (including phenoxy) is 1. The van der Waals surface area contributed by atoms with Crippen LogP contribution < -0.4 is 9.46 Å². The van der Waals surface area contributed by atoms with Crippen molar-refractivity contribution >= 4 is 53.5 Å². The van der Waals surface area contributed by atoms with Gasteiger partial charge in [-0.3, -0.25) is 9.52 Å². The number of nitrogens with one attached hydrogen (secondary N) is 1. The minimum atomic E-state index is -3.60. The van der Waals surface area contributed by atoms with Crippen molar-refractivity contribution in [3.63, 3.8) is 0 Å². The summed E-state index contributed by atoms with van der Waals surface area (Å²) in [7, 11) is -3.60. The molecule has 0 aliphatic rings. The lowest BCUT2D eigenvalue weighted by molar-refractivity contribution is -0.136. The summed E-state index contributed by atoms with van der Waals surface area (Å²) in [5.41, 5.74) is 0.826. The summed E-state index contributed by atoms with van der Waals surface area (Å²) < 4.78 is 46.0. The topological polar surface area (TPSA) is 92.7 Å². The van der Waals surface area contributed by atoms with Crippen LogP contribution in [0.25, 0.3) is 0 Å². The Balaban J connectivity index is 2.17. The zero-order chi connectivity index (χ0) is 20.2. The summed E-state index contributed by atoms with van der Waals surface area (Å²) in [5, 5.41) is 8.77. The molecule has 0 bridgehead atoms. The van der Waals surface area contributed by atoms with Gasteiger partial charge in [0.1, 0.15) is 12.4 Å². The van der Waals surface area contributed by atoms with Crippen molar-refractivity contribution in [3.05, 3.63) is 56.2 Å². The molecule has 0 aromatic heterocycles. The molecular weight excluding hydrogens is 509 g/mol. The van der Waals surface area contributed by atoms with Crippen molar-refractivity contribution < 1.29 is 27.4 Å². The molecule has 2 N–H and O–H groups in total. The van der Waals surface area contributed by atoms with E-state index in [9.17, 15) is 17.6 Å². The van der Waals surface area contributed by atoms with Gasteiger partial charge in [-0.05, 0) is 62.0 Å². The molecular formula is C17H16Br2FNO5S. The Bertz CT molecular complexity index is 943. The zero-order valence-electron chi connectivity index (χ0n) is 14.1. The number of hydrogen-bond acceptors (Lipinski definition) is 4. The Kier molecular flexibility index (Phi) is 7.24. The number of sulfonamides is 1. The van der Waals surface area contributed by atoms with Crippen LogP contribution in [-0.4, -0.2) is 25.7 Å². The van der Waals surface area contributed by atoms with Gasteiger partial charge in [0, 0.05) is 12.0 Å². The highest BCUT2D eigenvalue weighted by atomic mass is 79.9. The molecule has 0 aliphatic heterocycles. The molecule has 0 saturated heterocycles. The first-order valence-corrected chi connectivity index (χ1v) is 11.1. The Morgan fingerprint density at radius 2 is 1.89 bits per heavy atom. The standard InChI is InChI=1S/C17H16Br2FNO5S/c1-27(24,25)21-14-4-2-3-11(16(14)20)9-26-17-12(18)7-10(8-13(17)19)5-6-15(22)23/h2-4,7-8,21H,5-6,9H2,1H3,(H,22,23). The average Bonchev–Trinajstić information content (AvgIpc) is 2.54. The minimum absolute atomic E-state index is 0.00439. The summed E-state index contributed by atoms with van der Waals surface area (Å²) in [6.07, 6.45) is 1.31. The lowest BCUT2D eigenvalue weighted by Crippen LogP contribution is -2.12. The Morgan fingerprint density at radius 1 is 1.26 bits per heavy atom. The molecule has 2 aromatic rings. The molecule has 0 atom stereocenters. The molecule has 2 rings (SSSR count). The van der Waals surface area contributed by atoms with E-state index < -0.39 is 21.8 Å². The molecule has 0 radical (unpaired) electrons. The molecule has 6 nitrogen and oxygen atoms in total. The maximum Gasteiger partial charge on any atom is 0.303 e. The second kappa shape index (κ2) is 9.03. The Hall–Kier alpha value is -1.65. The van der Waals surface area contributed by atoms with Gasteiger partial charge in [-0.1, -0.05) is 12.1 Å². The molecule has 146 valence electrons. The number of carboxylic acids is 1. The van der Waals surface area contributed by atoms with Gasteiger partial charge in [-0.2, -0.15) is 0 Å². The molecule has 0 amide bonds.